The molecule has 3 rings (SSSR count). The Kier molecular flexibility index (Phi) is 5.41. The van der Waals surface area contributed by atoms with E-state index in [1.807, 2.05) is 31.2 Å². The second-order valence-corrected chi connectivity index (χ2v) is 8.67. The second kappa shape index (κ2) is 7.60. The summed E-state index contributed by atoms with van der Waals surface area (Å²) >= 11 is 0. The van der Waals surface area contributed by atoms with Crippen molar-refractivity contribution in [3.05, 3.63) is 54.1 Å². The lowest BCUT2D eigenvalue weighted by molar-refractivity contribution is -0.121. The van der Waals surface area contributed by atoms with E-state index in [0.29, 0.717) is 11.4 Å². The Labute approximate surface area is 160 Å². The average Bonchev–Trinajstić information content (AvgIpc) is 2.96. The summed E-state index contributed by atoms with van der Waals surface area (Å²) in [5, 5.41) is 0. The van der Waals surface area contributed by atoms with Crippen LogP contribution in [0.1, 0.15) is 19.4 Å². The van der Waals surface area contributed by atoms with Crippen LogP contribution in [-0.4, -0.2) is 33.2 Å². The predicted molar refractivity (Wildman–Crippen MR) is 107 cm³/mol. The van der Waals surface area contributed by atoms with Crippen LogP contribution in [0.15, 0.2) is 48.5 Å². The molecule has 144 valence electrons. The number of sulfonamides is 1. The maximum atomic E-state index is 13.0. The van der Waals surface area contributed by atoms with E-state index >= 15 is 0 Å². The van der Waals surface area contributed by atoms with Gasteiger partial charge in [-0.2, -0.15) is 0 Å². The van der Waals surface area contributed by atoms with Crippen LogP contribution in [0.3, 0.4) is 0 Å². The minimum atomic E-state index is -3.68. The van der Waals surface area contributed by atoms with Crippen molar-refractivity contribution in [3.63, 3.8) is 0 Å². The third-order valence-corrected chi connectivity index (χ3v) is 6.16. The third-order valence-electron chi connectivity index (χ3n) is 4.68. The second-order valence-electron chi connectivity index (χ2n) is 6.91. The minimum absolute atomic E-state index is 0.0198. The first-order valence-corrected chi connectivity index (χ1v) is 10.5. The topological polar surface area (TPSA) is 75.7 Å². The maximum Gasteiger partial charge on any atom is 0.233 e. The van der Waals surface area contributed by atoms with Crippen LogP contribution in [0.25, 0.3) is 0 Å². The van der Waals surface area contributed by atoms with Gasteiger partial charge in [-0.15, -0.1) is 0 Å². The van der Waals surface area contributed by atoms with E-state index in [-0.39, 0.29) is 17.7 Å². The fourth-order valence-corrected chi connectivity index (χ4v) is 4.82. The highest BCUT2D eigenvalue weighted by atomic mass is 32.2. The van der Waals surface area contributed by atoms with Gasteiger partial charge in [-0.05, 0) is 37.1 Å². The number of fused-ring (bicyclic) bond motifs is 1. The molecule has 2 aromatic carbocycles. The van der Waals surface area contributed by atoms with Crippen molar-refractivity contribution < 1.29 is 17.9 Å². The molecule has 0 radical (unpaired) electrons. The van der Waals surface area contributed by atoms with Crippen molar-refractivity contribution in [2.24, 2.45) is 5.92 Å². The van der Waals surface area contributed by atoms with Gasteiger partial charge in [0.05, 0.1) is 24.5 Å². The molecule has 0 aromatic heterocycles. The lowest BCUT2D eigenvalue weighted by Gasteiger charge is -2.26. The standard InChI is InChI=1S/C20H24N2O4S/c1-14(13-27(24,25)21-17-8-6-9-18(12-17)26-3)20(23)22-15(2)11-16-7-4-5-10-19(16)22/h4-10,12,14-15,21H,11,13H2,1-3H3. The lowest BCUT2D eigenvalue weighted by Crippen LogP contribution is -2.41. The zero-order valence-electron chi connectivity index (χ0n) is 15.7. The highest BCUT2D eigenvalue weighted by molar-refractivity contribution is 7.92. The summed E-state index contributed by atoms with van der Waals surface area (Å²) in [6, 6.07) is 14.5. The average molecular weight is 388 g/mol. The van der Waals surface area contributed by atoms with Crippen LogP contribution in [-0.2, 0) is 21.2 Å². The smallest absolute Gasteiger partial charge is 0.233 e. The first kappa shape index (κ1) is 19.2. The molecule has 0 spiro atoms. The SMILES string of the molecule is COc1cccc(NS(=O)(=O)CC(C)C(=O)N2c3ccccc3CC2C)c1. The number of carbonyl (C=O) groups excluding carboxylic acids is 1. The molecule has 0 aliphatic carbocycles. The zero-order chi connectivity index (χ0) is 19.6. The van der Waals surface area contributed by atoms with E-state index in [9.17, 15) is 13.2 Å². The maximum absolute atomic E-state index is 13.0. The number of hydrogen-bond acceptors (Lipinski definition) is 4. The molecule has 7 heteroatoms. The molecule has 0 fully saturated rings. The van der Waals surface area contributed by atoms with E-state index in [0.717, 1.165) is 17.7 Å². The van der Waals surface area contributed by atoms with Crippen molar-refractivity contribution in [3.8, 4) is 5.75 Å². The van der Waals surface area contributed by atoms with Gasteiger partial charge in [0.1, 0.15) is 5.75 Å². The Hall–Kier alpha value is -2.54. The van der Waals surface area contributed by atoms with Gasteiger partial charge in [-0.3, -0.25) is 9.52 Å². The molecule has 2 aromatic rings. The number of hydrogen-bond donors (Lipinski definition) is 1. The summed E-state index contributed by atoms with van der Waals surface area (Å²) in [6.45, 7) is 3.63. The van der Waals surface area contributed by atoms with Crippen molar-refractivity contribution >= 4 is 27.3 Å². The van der Waals surface area contributed by atoms with E-state index in [1.165, 1.54) is 7.11 Å². The van der Waals surface area contributed by atoms with Gasteiger partial charge < -0.3 is 9.64 Å². The summed E-state index contributed by atoms with van der Waals surface area (Å²) < 4.78 is 32.7. The Morgan fingerprint density at radius 1 is 1.26 bits per heavy atom. The summed E-state index contributed by atoms with van der Waals surface area (Å²) in [4.78, 5) is 14.7. The molecule has 1 N–H and O–H groups in total. The van der Waals surface area contributed by atoms with E-state index in [2.05, 4.69) is 4.72 Å². The first-order valence-electron chi connectivity index (χ1n) is 8.86. The quantitative estimate of drug-likeness (QED) is 0.825. The van der Waals surface area contributed by atoms with Crippen LogP contribution in [0.2, 0.25) is 0 Å². The molecule has 1 aliphatic rings. The minimum Gasteiger partial charge on any atom is -0.497 e. The normalized spacial score (nSPS) is 17.3. The number of methoxy groups -OCH3 is 1. The van der Waals surface area contributed by atoms with Gasteiger partial charge in [0.25, 0.3) is 0 Å². The van der Waals surface area contributed by atoms with Crippen molar-refractivity contribution in [1.82, 2.24) is 0 Å². The molecular formula is C20H24N2O4S. The van der Waals surface area contributed by atoms with Gasteiger partial charge in [0.15, 0.2) is 0 Å². The fourth-order valence-electron chi connectivity index (χ4n) is 3.45. The van der Waals surface area contributed by atoms with E-state index < -0.39 is 15.9 Å². The van der Waals surface area contributed by atoms with Gasteiger partial charge in [-0.25, -0.2) is 8.42 Å². The van der Waals surface area contributed by atoms with Gasteiger partial charge in [0, 0.05) is 17.8 Å². The van der Waals surface area contributed by atoms with Crippen molar-refractivity contribution in [2.75, 3.05) is 22.5 Å². The van der Waals surface area contributed by atoms with Crippen LogP contribution in [0.4, 0.5) is 11.4 Å². The molecule has 2 unspecified atom stereocenters. The summed E-state index contributed by atoms with van der Waals surface area (Å²) in [5.41, 5.74) is 2.40. The Morgan fingerprint density at radius 2 is 2.00 bits per heavy atom. The lowest BCUT2D eigenvalue weighted by atomic mass is 10.1. The van der Waals surface area contributed by atoms with E-state index in [4.69, 9.17) is 4.74 Å². The molecular weight excluding hydrogens is 364 g/mol. The third kappa shape index (κ3) is 4.24. The number of carbonyl (C=O) groups is 1. The number of amides is 1. The first-order chi connectivity index (χ1) is 12.8. The summed E-state index contributed by atoms with van der Waals surface area (Å²) in [5.74, 6) is -0.568. The Balaban J connectivity index is 1.72. The van der Waals surface area contributed by atoms with Crippen LogP contribution < -0.4 is 14.4 Å². The molecule has 1 aliphatic heterocycles. The fraction of sp³-hybridized carbons (Fsp3) is 0.350. The molecule has 0 saturated carbocycles. The molecule has 6 nitrogen and oxygen atoms in total. The van der Waals surface area contributed by atoms with Crippen molar-refractivity contribution in [2.45, 2.75) is 26.3 Å². The number of anilines is 2. The summed E-state index contributed by atoms with van der Waals surface area (Å²) in [7, 11) is -2.16. The number of ether oxygens (including phenoxy) is 1. The zero-order valence-corrected chi connectivity index (χ0v) is 16.5. The Bertz CT molecular complexity index is 943. The van der Waals surface area contributed by atoms with Gasteiger partial charge in [-0.1, -0.05) is 31.2 Å². The monoisotopic (exact) mass is 388 g/mol. The number of rotatable bonds is 6. The van der Waals surface area contributed by atoms with Gasteiger partial charge in [0.2, 0.25) is 15.9 Å². The largest absolute Gasteiger partial charge is 0.497 e. The number of nitrogens with zero attached hydrogens (tertiary/aromatic N) is 1. The van der Waals surface area contributed by atoms with Crippen molar-refractivity contribution in [1.29, 1.82) is 0 Å². The number of benzene rings is 2. The molecule has 27 heavy (non-hydrogen) atoms. The Morgan fingerprint density at radius 3 is 2.74 bits per heavy atom. The van der Waals surface area contributed by atoms with E-state index in [1.54, 1.807) is 36.1 Å². The van der Waals surface area contributed by atoms with Crippen LogP contribution >= 0.6 is 0 Å². The molecule has 0 bridgehead atoms. The molecule has 2 atom stereocenters. The molecule has 1 amide bonds. The molecule has 0 saturated heterocycles. The summed E-state index contributed by atoms with van der Waals surface area (Å²) in [6.07, 6.45) is 0.781. The van der Waals surface area contributed by atoms with Gasteiger partial charge >= 0.3 is 0 Å². The number of para-hydroxylation sites is 1. The number of nitrogens with one attached hydrogen (secondary N) is 1. The van der Waals surface area contributed by atoms with Crippen LogP contribution in [0, 0.1) is 5.92 Å². The predicted octanol–water partition coefficient (Wildman–Crippen LogP) is 3.05. The van der Waals surface area contributed by atoms with Crippen LogP contribution in [0.5, 0.6) is 5.75 Å². The highest BCUT2D eigenvalue weighted by Crippen LogP contribution is 2.33. The molecule has 1 heterocycles. The highest BCUT2D eigenvalue weighted by Gasteiger charge is 2.34.